The first-order valence-electron chi connectivity index (χ1n) is 7.95. The van der Waals surface area contributed by atoms with Crippen molar-refractivity contribution in [2.24, 2.45) is 0 Å². The first-order valence-corrected chi connectivity index (χ1v) is 9.78. The van der Waals surface area contributed by atoms with Gasteiger partial charge in [0.15, 0.2) is 15.7 Å². The lowest BCUT2D eigenvalue weighted by atomic mass is 10.2. The number of rotatable bonds is 8. The van der Waals surface area contributed by atoms with Crippen LogP contribution in [0.5, 0.6) is 0 Å². The van der Waals surface area contributed by atoms with Crippen LogP contribution >= 0.6 is 0 Å². The molecule has 0 fully saturated rings. The quantitative estimate of drug-likeness (QED) is 0.601. The number of benzene rings is 1. The van der Waals surface area contributed by atoms with Crippen molar-refractivity contribution in [3.05, 3.63) is 47.9 Å². The van der Waals surface area contributed by atoms with Gasteiger partial charge < -0.3 is 9.05 Å². The normalized spacial score (nSPS) is 11.7. The summed E-state index contributed by atoms with van der Waals surface area (Å²) < 4.78 is 34.6. The van der Waals surface area contributed by atoms with E-state index in [2.05, 4.69) is 27.2 Å². The van der Waals surface area contributed by atoms with Crippen molar-refractivity contribution in [2.75, 3.05) is 0 Å². The minimum absolute atomic E-state index is 0.0320. The van der Waals surface area contributed by atoms with Crippen LogP contribution in [0.4, 0.5) is 0 Å². The molecule has 0 saturated heterocycles. The Hall–Kier alpha value is -2.55. The molecular formula is C16H18N4O4S. The summed E-state index contributed by atoms with van der Waals surface area (Å²) in [5.41, 5.74) is 0.757. The Morgan fingerprint density at radius 1 is 0.960 bits per heavy atom. The van der Waals surface area contributed by atoms with Crippen LogP contribution in [0.3, 0.4) is 0 Å². The monoisotopic (exact) mass is 362 g/mol. The van der Waals surface area contributed by atoms with Crippen LogP contribution in [-0.2, 0) is 27.8 Å². The van der Waals surface area contributed by atoms with E-state index < -0.39 is 9.84 Å². The van der Waals surface area contributed by atoms with Gasteiger partial charge in [-0.1, -0.05) is 54.0 Å². The fraction of sp³-hybridized carbons (Fsp3) is 0.375. The van der Waals surface area contributed by atoms with E-state index in [1.54, 1.807) is 0 Å². The highest BCUT2D eigenvalue weighted by Gasteiger charge is 2.22. The summed E-state index contributed by atoms with van der Waals surface area (Å²) in [5.74, 6) is 0.259. The van der Waals surface area contributed by atoms with E-state index in [0.29, 0.717) is 18.1 Å². The van der Waals surface area contributed by atoms with Gasteiger partial charge in [0.1, 0.15) is 11.5 Å². The van der Waals surface area contributed by atoms with Gasteiger partial charge in [0, 0.05) is 12.0 Å². The summed E-state index contributed by atoms with van der Waals surface area (Å²) in [7, 11) is -3.56. The van der Waals surface area contributed by atoms with Crippen molar-refractivity contribution >= 4 is 9.84 Å². The van der Waals surface area contributed by atoms with E-state index >= 15 is 0 Å². The van der Waals surface area contributed by atoms with Gasteiger partial charge in [-0.3, -0.25) is 0 Å². The van der Waals surface area contributed by atoms with Gasteiger partial charge in [-0.05, 0) is 6.42 Å². The van der Waals surface area contributed by atoms with Gasteiger partial charge in [-0.25, -0.2) is 8.42 Å². The molecule has 0 aliphatic carbocycles. The predicted octanol–water partition coefficient (Wildman–Crippen LogP) is 2.58. The predicted molar refractivity (Wildman–Crippen MR) is 89.0 cm³/mol. The molecule has 0 aliphatic heterocycles. The summed E-state index contributed by atoms with van der Waals surface area (Å²) in [6.07, 6.45) is 2.60. The summed E-state index contributed by atoms with van der Waals surface area (Å²) in [5, 5.41) is 7.60. The summed E-state index contributed by atoms with van der Waals surface area (Å²) in [6, 6.07) is 9.19. The number of sulfone groups is 1. The van der Waals surface area contributed by atoms with Crippen LogP contribution in [0.15, 0.2) is 39.4 Å². The molecule has 9 heteroatoms. The molecule has 0 radical (unpaired) electrons. The maximum absolute atomic E-state index is 12.3. The van der Waals surface area contributed by atoms with Gasteiger partial charge >= 0.3 is 0 Å². The minimum Gasteiger partial charge on any atom is -0.338 e. The summed E-state index contributed by atoms with van der Waals surface area (Å²) in [4.78, 5) is 8.23. The lowest BCUT2D eigenvalue weighted by Crippen LogP contribution is -2.08. The molecule has 0 bridgehead atoms. The molecule has 2 heterocycles. The lowest BCUT2D eigenvalue weighted by molar-refractivity contribution is 0.379. The minimum atomic E-state index is -3.56. The maximum atomic E-state index is 12.3. The van der Waals surface area contributed by atoms with E-state index in [4.69, 9.17) is 9.05 Å². The zero-order valence-electron chi connectivity index (χ0n) is 13.8. The van der Waals surface area contributed by atoms with Gasteiger partial charge in [0.2, 0.25) is 17.6 Å². The third-order valence-corrected chi connectivity index (χ3v) is 4.82. The Labute approximate surface area is 145 Å². The smallest absolute Gasteiger partial charge is 0.242 e. The fourth-order valence-electron chi connectivity index (χ4n) is 2.23. The van der Waals surface area contributed by atoms with Crippen LogP contribution in [-0.4, -0.2) is 28.7 Å². The summed E-state index contributed by atoms with van der Waals surface area (Å²) >= 11 is 0. The average molecular weight is 362 g/mol. The number of aryl methyl sites for hydroxylation is 1. The number of aromatic nitrogens is 4. The molecule has 0 aliphatic rings. The molecule has 2 aromatic heterocycles. The van der Waals surface area contributed by atoms with Gasteiger partial charge in [-0.2, -0.15) is 9.97 Å². The van der Waals surface area contributed by atoms with Gasteiger partial charge in [-0.15, -0.1) is 0 Å². The number of nitrogens with zero attached hydrogens (tertiary/aromatic N) is 4. The third-order valence-electron chi connectivity index (χ3n) is 3.45. The maximum Gasteiger partial charge on any atom is 0.242 e. The van der Waals surface area contributed by atoms with E-state index in [1.807, 2.05) is 30.3 Å². The zero-order valence-corrected chi connectivity index (χ0v) is 14.6. The highest BCUT2D eigenvalue weighted by atomic mass is 32.2. The summed E-state index contributed by atoms with van der Waals surface area (Å²) in [6.45, 7) is 2.06. The van der Waals surface area contributed by atoms with E-state index in [-0.39, 0.29) is 23.3 Å². The largest absolute Gasteiger partial charge is 0.338 e. The molecule has 132 valence electrons. The average Bonchev–Trinajstić information content (AvgIpc) is 3.22. The number of unbranched alkanes of at least 4 members (excludes halogenated alkanes) is 1. The fourth-order valence-corrected chi connectivity index (χ4v) is 3.32. The third kappa shape index (κ3) is 4.72. The van der Waals surface area contributed by atoms with Crippen molar-refractivity contribution in [1.29, 1.82) is 0 Å². The molecule has 0 saturated carbocycles. The first kappa shape index (κ1) is 17.3. The van der Waals surface area contributed by atoms with Crippen molar-refractivity contribution < 1.29 is 17.5 Å². The van der Waals surface area contributed by atoms with Crippen LogP contribution in [0.25, 0.3) is 11.4 Å². The van der Waals surface area contributed by atoms with Crippen molar-refractivity contribution in [1.82, 2.24) is 20.3 Å². The zero-order chi connectivity index (χ0) is 17.7. The molecule has 0 unspecified atom stereocenters. The number of hydrogen-bond donors (Lipinski definition) is 0. The van der Waals surface area contributed by atoms with Crippen LogP contribution < -0.4 is 0 Å². The SMILES string of the molecule is CCCCc1noc(CS(=O)(=O)Cc2nc(-c3ccccc3)no2)n1. The Morgan fingerprint density at radius 3 is 2.36 bits per heavy atom. The van der Waals surface area contributed by atoms with Crippen molar-refractivity contribution in [3.63, 3.8) is 0 Å². The molecule has 1 aromatic carbocycles. The second-order valence-electron chi connectivity index (χ2n) is 5.62. The molecular weight excluding hydrogens is 344 g/mol. The van der Waals surface area contributed by atoms with Crippen molar-refractivity contribution in [3.8, 4) is 11.4 Å². The second kappa shape index (κ2) is 7.56. The molecule has 0 amide bonds. The second-order valence-corrected chi connectivity index (χ2v) is 7.68. The Bertz CT molecular complexity index is 919. The van der Waals surface area contributed by atoms with Crippen LogP contribution in [0.1, 0.15) is 37.4 Å². The topological polar surface area (TPSA) is 112 Å². The molecule has 0 atom stereocenters. The Kier molecular flexibility index (Phi) is 5.22. The molecule has 3 rings (SSSR count). The van der Waals surface area contributed by atoms with Crippen LogP contribution in [0, 0.1) is 0 Å². The number of hydrogen-bond acceptors (Lipinski definition) is 8. The Morgan fingerprint density at radius 2 is 1.64 bits per heavy atom. The Balaban J connectivity index is 1.65. The highest BCUT2D eigenvalue weighted by Crippen LogP contribution is 2.17. The van der Waals surface area contributed by atoms with Crippen LogP contribution in [0.2, 0.25) is 0 Å². The molecule has 3 aromatic rings. The molecule has 8 nitrogen and oxygen atoms in total. The van der Waals surface area contributed by atoms with E-state index in [9.17, 15) is 8.42 Å². The lowest BCUT2D eigenvalue weighted by Gasteiger charge is -1.96. The van der Waals surface area contributed by atoms with E-state index in [0.717, 1.165) is 18.4 Å². The molecule has 0 spiro atoms. The first-order chi connectivity index (χ1) is 12.1. The highest BCUT2D eigenvalue weighted by molar-refractivity contribution is 7.89. The van der Waals surface area contributed by atoms with Gasteiger partial charge in [0.05, 0.1) is 0 Å². The standard InChI is InChI=1S/C16H18N4O4S/c1-2-3-9-13-17-14(23-19-13)10-25(21,22)11-15-18-16(20-24-15)12-7-5-4-6-8-12/h4-8H,2-3,9-11H2,1H3. The molecule has 0 N–H and O–H groups in total. The van der Waals surface area contributed by atoms with Gasteiger partial charge in [0.25, 0.3) is 0 Å². The van der Waals surface area contributed by atoms with Crippen molar-refractivity contribution in [2.45, 2.75) is 37.7 Å². The van der Waals surface area contributed by atoms with E-state index in [1.165, 1.54) is 0 Å². The molecule has 25 heavy (non-hydrogen) atoms.